The molecule has 3 aromatic rings. The summed E-state index contributed by atoms with van der Waals surface area (Å²) >= 11 is 0. The number of rotatable bonds is 4. The quantitative estimate of drug-likeness (QED) is 0.794. The second kappa shape index (κ2) is 6.76. The van der Waals surface area contributed by atoms with Crippen molar-refractivity contribution < 1.29 is 9.53 Å². The van der Waals surface area contributed by atoms with Gasteiger partial charge >= 0.3 is 0 Å². The maximum absolute atomic E-state index is 12.8. The first-order valence-electron chi connectivity index (χ1n) is 8.01. The number of nitrogens with one attached hydrogen (secondary N) is 1. The smallest absolute Gasteiger partial charge is 0.276 e. The Kier molecular flexibility index (Phi) is 4.52. The van der Waals surface area contributed by atoms with Gasteiger partial charge < -0.3 is 10.1 Å². The lowest BCUT2D eigenvalue weighted by Gasteiger charge is -2.13. The van der Waals surface area contributed by atoms with Gasteiger partial charge in [-0.25, -0.2) is 4.68 Å². The molecule has 0 fully saturated rings. The van der Waals surface area contributed by atoms with Gasteiger partial charge in [0.2, 0.25) is 0 Å². The van der Waals surface area contributed by atoms with Crippen LogP contribution in [0.15, 0.2) is 47.3 Å². The van der Waals surface area contributed by atoms with Crippen LogP contribution in [0.1, 0.15) is 23.0 Å². The molecule has 1 amide bonds. The Bertz CT molecular complexity index is 1010. The number of carbonyl (C=O) groups excluding carboxylic acids is 1. The summed E-state index contributed by atoms with van der Waals surface area (Å²) < 4.78 is 6.59. The second-order valence-electron chi connectivity index (χ2n) is 5.67. The number of nitrogens with zero attached hydrogens (tertiary/aromatic N) is 2. The van der Waals surface area contributed by atoms with Crippen LogP contribution in [0, 0.1) is 6.92 Å². The minimum Gasteiger partial charge on any atom is -0.495 e. The lowest BCUT2D eigenvalue weighted by Crippen LogP contribution is -2.27. The summed E-state index contributed by atoms with van der Waals surface area (Å²) in [6, 6.07) is 12.5. The predicted molar refractivity (Wildman–Crippen MR) is 97.4 cm³/mol. The number of methoxy groups -OCH3 is 1. The summed E-state index contributed by atoms with van der Waals surface area (Å²) in [6.45, 7) is 4.13. The number of hydrogen-bond acceptors (Lipinski definition) is 4. The maximum atomic E-state index is 12.8. The molecule has 0 bridgehead atoms. The molecule has 25 heavy (non-hydrogen) atoms. The number of ether oxygens (including phenoxy) is 1. The lowest BCUT2D eigenvalue weighted by atomic mass is 10.1. The molecule has 0 saturated carbocycles. The van der Waals surface area contributed by atoms with Gasteiger partial charge in [-0.1, -0.05) is 24.3 Å². The Morgan fingerprint density at radius 3 is 2.60 bits per heavy atom. The molecule has 6 heteroatoms. The van der Waals surface area contributed by atoms with E-state index in [9.17, 15) is 9.59 Å². The fourth-order valence-corrected chi connectivity index (χ4v) is 2.72. The van der Waals surface area contributed by atoms with Crippen molar-refractivity contribution in [3.63, 3.8) is 0 Å². The number of hydrogen-bond donors (Lipinski definition) is 1. The first-order chi connectivity index (χ1) is 12.0. The van der Waals surface area contributed by atoms with Gasteiger partial charge in [0.05, 0.1) is 18.2 Å². The van der Waals surface area contributed by atoms with Crippen molar-refractivity contribution in [2.24, 2.45) is 0 Å². The molecular weight excluding hydrogens is 318 g/mol. The van der Waals surface area contributed by atoms with Gasteiger partial charge in [-0.3, -0.25) is 9.59 Å². The zero-order chi connectivity index (χ0) is 18.0. The minimum atomic E-state index is -0.387. The van der Waals surface area contributed by atoms with E-state index in [0.29, 0.717) is 28.8 Å². The van der Waals surface area contributed by atoms with Crippen LogP contribution >= 0.6 is 0 Å². The monoisotopic (exact) mass is 337 g/mol. The molecule has 1 heterocycles. The standard InChI is InChI=1S/C19H19N3O3/c1-4-22-19(24)14-8-6-5-7-13(14)17(21-22)18(23)20-15-11-12(2)9-10-16(15)25-3/h5-11H,4H2,1-3H3,(H,20,23). The van der Waals surface area contributed by atoms with E-state index in [1.54, 1.807) is 37.4 Å². The van der Waals surface area contributed by atoms with E-state index < -0.39 is 0 Å². The van der Waals surface area contributed by atoms with Crippen LogP contribution in [0.5, 0.6) is 5.75 Å². The van der Waals surface area contributed by atoms with Gasteiger partial charge in [-0.2, -0.15) is 5.10 Å². The van der Waals surface area contributed by atoms with E-state index in [0.717, 1.165) is 5.56 Å². The highest BCUT2D eigenvalue weighted by atomic mass is 16.5. The average Bonchev–Trinajstić information content (AvgIpc) is 2.62. The van der Waals surface area contributed by atoms with Crippen molar-refractivity contribution in [3.8, 4) is 5.75 Å². The number of amides is 1. The molecule has 1 N–H and O–H groups in total. The van der Waals surface area contributed by atoms with E-state index >= 15 is 0 Å². The van der Waals surface area contributed by atoms with Crippen LogP contribution in [0.4, 0.5) is 5.69 Å². The van der Waals surface area contributed by atoms with E-state index in [2.05, 4.69) is 10.4 Å². The largest absolute Gasteiger partial charge is 0.495 e. The predicted octanol–water partition coefficient (Wildman–Crippen LogP) is 2.99. The molecule has 2 aromatic carbocycles. The molecule has 0 spiro atoms. The number of aromatic nitrogens is 2. The summed E-state index contributed by atoms with van der Waals surface area (Å²) in [6.07, 6.45) is 0. The van der Waals surface area contributed by atoms with E-state index in [4.69, 9.17) is 4.74 Å². The van der Waals surface area contributed by atoms with Crippen LogP contribution in [-0.2, 0) is 6.54 Å². The van der Waals surface area contributed by atoms with Crippen molar-refractivity contribution in [2.75, 3.05) is 12.4 Å². The van der Waals surface area contributed by atoms with E-state index in [-0.39, 0.29) is 17.2 Å². The van der Waals surface area contributed by atoms with Gasteiger partial charge in [0.15, 0.2) is 5.69 Å². The molecule has 6 nitrogen and oxygen atoms in total. The zero-order valence-corrected chi connectivity index (χ0v) is 14.4. The molecule has 0 saturated heterocycles. The van der Waals surface area contributed by atoms with Crippen molar-refractivity contribution in [3.05, 3.63) is 64.1 Å². The highest BCUT2D eigenvalue weighted by Gasteiger charge is 2.17. The highest BCUT2D eigenvalue weighted by molar-refractivity contribution is 6.11. The SMILES string of the molecule is CCn1nc(C(=O)Nc2cc(C)ccc2OC)c2ccccc2c1=O. The Morgan fingerprint density at radius 2 is 1.92 bits per heavy atom. The van der Waals surface area contributed by atoms with Gasteiger partial charge in [0.25, 0.3) is 11.5 Å². The Balaban J connectivity index is 2.11. The summed E-state index contributed by atoms with van der Waals surface area (Å²) in [7, 11) is 1.55. The summed E-state index contributed by atoms with van der Waals surface area (Å²) in [4.78, 5) is 25.2. The number of fused-ring (bicyclic) bond motifs is 1. The molecule has 0 radical (unpaired) electrons. The van der Waals surface area contributed by atoms with Crippen LogP contribution in [0.2, 0.25) is 0 Å². The number of carbonyl (C=O) groups is 1. The van der Waals surface area contributed by atoms with Gasteiger partial charge in [-0.05, 0) is 37.6 Å². The molecule has 0 aliphatic heterocycles. The van der Waals surface area contributed by atoms with Crippen LogP contribution in [-0.4, -0.2) is 22.8 Å². The molecule has 128 valence electrons. The molecule has 0 atom stereocenters. The topological polar surface area (TPSA) is 73.2 Å². The Hall–Kier alpha value is -3.15. The Morgan fingerprint density at radius 1 is 1.20 bits per heavy atom. The van der Waals surface area contributed by atoms with Crippen molar-refractivity contribution in [2.45, 2.75) is 20.4 Å². The molecule has 1 aromatic heterocycles. The van der Waals surface area contributed by atoms with Crippen molar-refractivity contribution in [1.29, 1.82) is 0 Å². The third kappa shape index (κ3) is 3.10. The van der Waals surface area contributed by atoms with Gasteiger partial charge in [0.1, 0.15) is 5.75 Å². The fourth-order valence-electron chi connectivity index (χ4n) is 2.72. The molecule has 0 aliphatic carbocycles. The summed E-state index contributed by atoms with van der Waals surface area (Å²) in [5, 5.41) is 8.09. The average molecular weight is 337 g/mol. The van der Waals surface area contributed by atoms with Gasteiger partial charge in [-0.15, -0.1) is 0 Å². The fraction of sp³-hybridized carbons (Fsp3) is 0.211. The first-order valence-corrected chi connectivity index (χ1v) is 8.01. The van der Waals surface area contributed by atoms with Gasteiger partial charge in [0, 0.05) is 11.9 Å². The minimum absolute atomic E-state index is 0.206. The maximum Gasteiger partial charge on any atom is 0.276 e. The Labute approximate surface area is 145 Å². The normalized spacial score (nSPS) is 10.7. The third-order valence-electron chi connectivity index (χ3n) is 3.99. The first kappa shape index (κ1) is 16.7. The number of benzene rings is 2. The lowest BCUT2D eigenvalue weighted by molar-refractivity contribution is 0.102. The number of aryl methyl sites for hydroxylation is 2. The molecule has 0 unspecified atom stereocenters. The van der Waals surface area contributed by atoms with Crippen molar-refractivity contribution >= 4 is 22.4 Å². The highest BCUT2D eigenvalue weighted by Crippen LogP contribution is 2.26. The summed E-state index contributed by atoms with van der Waals surface area (Å²) in [5.74, 6) is 0.175. The summed E-state index contributed by atoms with van der Waals surface area (Å²) in [5.41, 5.74) is 1.56. The zero-order valence-electron chi connectivity index (χ0n) is 14.4. The molecular formula is C19H19N3O3. The molecule has 3 rings (SSSR count). The van der Waals surface area contributed by atoms with Crippen LogP contribution in [0.25, 0.3) is 10.8 Å². The van der Waals surface area contributed by atoms with E-state index in [1.807, 2.05) is 26.0 Å². The molecule has 0 aliphatic rings. The number of anilines is 1. The van der Waals surface area contributed by atoms with Crippen LogP contribution in [0.3, 0.4) is 0 Å². The second-order valence-corrected chi connectivity index (χ2v) is 5.67. The van der Waals surface area contributed by atoms with E-state index in [1.165, 1.54) is 4.68 Å². The third-order valence-corrected chi connectivity index (χ3v) is 3.99. The van der Waals surface area contributed by atoms with Crippen LogP contribution < -0.4 is 15.6 Å². The van der Waals surface area contributed by atoms with Crippen molar-refractivity contribution in [1.82, 2.24) is 9.78 Å².